The van der Waals surface area contributed by atoms with Gasteiger partial charge in [-0.3, -0.25) is 9.59 Å². The molecule has 1 aliphatic rings. The smallest absolute Gasteiger partial charge is 0.255 e. The van der Waals surface area contributed by atoms with Crippen LogP contribution >= 0.6 is 12.6 Å². The molecule has 0 spiro atoms. The Morgan fingerprint density at radius 1 is 0.852 bits per heavy atom. The maximum atomic E-state index is 12.7. The Labute approximate surface area is 161 Å². The largest absolute Gasteiger partial charge is 0.504 e. The van der Waals surface area contributed by atoms with E-state index in [9.17, 15) is 24.9 Å². The molecule has 0 aromatic heterocycles. The van der Waals surface area contributed by atoms with Crippen LogP contribution in [0.5, 0.6) is 17.2 Å². The van der Waals surface area contributed by atoms with Gasteiger partial charge in [-0.15, -0.1) is 12.6 Å². The number of phenolic OH excluding ortho intramolecular Hbond substituents is 3. The molecule has 7 nitrogen and oxygen atoms in total. The van der Waals surface area contributed by atoms with Crippen LogP contribution in [-0.4, -0.2) is 63.1 Å². The lowest BCUT2D eigenvalue weighted by molar-refractivity contribution is 0.0716. The van der Waals surface area contributed by atoms with E-state index in [1.807, 2.05) is 6.07 Å². The van der Waals surface area contributed by atoms with Crippen LogP contribution in [0, 0.1) is 0 Å². The van der Waals surface area contributed by atoms with Gasteiger partial charge in [-0.1, -0.05) is 12.1 Å². The molecule has 0 radical (unpaired) electrons. The molecule has 0 atom stereocenters. The van der Waals surface area contributed by atoms with Crippen molar-refractivity contribution in [1.82, 2.24) is 9.80 Å². The Bertz CT molecular complexity index is 863. The lowest BCUT2D eigenvalue weighted by atomic mass is 10.1. The summed E-state index contributed by atoms with van der Waals surface area (Å²) in [5.74, 6) is -2.30. The van der Waals surface area contributed by atoms with Crippen LogP contribution in [0.1, 0.15) is 27.1 Å². The predicted molar refractivity (Wildman–Crippen MR) is 102 cm³/mol. The number of carbonyl (C=O) groups excluding carboxylic acids is 2. The lowest BCUT2D eigenvalue weighted by Gasteiger charge is -2.23. The van der Waals surface area contributed by atoms with Crippen molar-refractivity contribution in [2.75, 3.05) is 26.2 Å². The van der Waals surface area contributed by atoms with E-state index in [0.717, 1.165) is 12.1 Å². The molecule has 3 rings (SSSR count). The molecule has 1 saturated heterocycles. The highest BCUT2D eigenvalue weighted by Gasteiger charge is 2.25. The maximum absolute atomic E-state index is 12.7. The lowest BCUT2D eigenvalue weighted by Crippen LogP contribution is -2.37. The summed E-state index contributed by atoms with van der Waals surface area (Å²) in [5.41, 5.74) is 0.595. The third-order valence-electron chi connectivity index (χ3n) is 4.52. The summed E-state index contributed by atoms with van der Waals surface area (Å²) in [7, 11) is 0. The summed E-state index contributed by atoms with van der Waals surface area (Å²) >= 11 is 4.33. The van der Waals surface area contributed by atoms with Gasteiger partial charge in [-0.25, -0.2) is 0 Å². The number of carbonyl (C=O) groups is 2. The van der Waals surface area contributed by atoms with E-state index >= 15 is 0 Å². The molecule has 1 fully saturated rings. The molecule has 1 heterocycles. The van der Waals surface area contributed by atoms with Crippen molar-refractivity contribution < 1.29 is 24.9 Å². The third kappa shape index (κ3) is 3.95. The molecule has 1 aliphatic heterocycles. The molecule has 0 saturated carbocycles. The van der Waals surface area contributed by atoms with Crippen molar-refractivity contribution in [2.24, 2.45) is 0 Å². The van der Waals surface area contributed by atoms with E-state index in [0.29, 0.717) is 43.1 Å². The summed E-state index contributed by atoms with van der Waals surface area (Å²) in [4.78, 5) is 29.3. The third-order valence-corrected chi connectivity index (χ3v) is 4.91. The molecule has 2 aromatic carbocycles. The van der Waals surface area contributed by atoms with E-state index in [2.05, 4.69) is 12.6 Å². The number of hydrogen-bond donors (Lipinski definition) is 4. The highest BCUT2D eigenvalue weighted by atomic mass is 32.1. The van der Waals surface area contributed by atoms with Gasteiger partial charge in [0.05, 0.1) is 5.56 Å². The number of phenols is 3. The molecule has 27 heavy (non-hydrogen) atoms. The van der Waals surface area contributed by atoms with Crippen molar-refractivity contribution in [3.8, 4) is 17.2 Å². The molecule has 142 valence electrons. The van der Waals surface area contributed by atoms with Gasteiger partial charge in [0.25, 0.3) is 11.8 Å². The fraction of sp³-hybridized carbons (Fsp3) is 0.263. The maximum Gasteiger partial charge on any atom is 0.255 e. The number of benzene rings is 2. The first-order valence-corrected chi connectivity index (χ1v) is 8.94. The van der Waals surface area contributed by atoms with Crippen molar-refractivity contribution in [1.29, 1.82) is 0 Å². The number of nitrogens with zero attached hydrogens (tertiary/aromatic N) is 2. The number of thiol groups is 1. The minimum absolute atomic E-state index is 0.0725. The van der Waals surface area contributed by atoms with Gasteiger partial charge in [-0.2, -0.15) is 0 Å². The first kappa shape index (κ1) is 18.9. The average molecular weight is 388 g/mol. The van der Waals surface area contributed by atoms with Crippen molar-refractivity contribution in [3.63, 3.8) is 0 Å². The van der Waals surface area contributed by atoms with E-state index in [-0.39, 0.29) is 17.4 Å². The number of aromatic hydroxyl groups is 3. The Balaban J connectivity index is 1.72. The second-order valence-corrected chi connectivity index (χ2v) is 6.80. The van der Waals surface area contributed by atoms with Crippen LogP contribution in [0.15, 0.2) is 41.3 Å². The Kier molecular flexibility index (Phi) is 5.46. The molecular weight excluding hydrogens is 368 g/mol. The van der Waals surface area contributed by atoms with Gasteiger partial charge in [0.2, 0.25) is 0 Å². The summed E-state index contributed by atoms with van der Waals surface area (Å²) in [6.45, 7) is 1.63. The van der Waals surface area contributed by atoms with Crippen LogP contribution in [0.4, 0.5) is 0 Å². The summed E-state index contributed by atoms with van der Waals surface area (Å²) in [6, 6.07) is 9.30. The van der Waals surface area contributed by atoms with Crippen LogP contribution in [-0.2, 0) is 0 Å². The predicted octanol–water partition coefficient (Wildman–Crippen LogP) is 2.08. The Morgan fingerprint density at radius 2 is 1.41 bits per heavy atom. The molecule has 0 aliphatic carbocycles. The van der Waals surface area contributed by atoms with E-state index in [1.165, 1.54) is 0 Å². The van der Waals surface area contributed by atoms with Crippen LogP contribution in [0.25, 0.3) is 0 Å². The molecule has 2 amide bonds. The fourth-order valence-electron chi connectivity index (χ4n) is 3.06. The molecule has 0 bridgehead atoms. The van der Waals surface area contributed by atoms with Gasteiger partial charge in [0.1, 0.15) is 0 Å². The van der Waals surface area contributed by atoms with Crippen LogP contribution in [0.3, 0.4) is 0 Å². The molecule has 2 aromatic rings. The highest BCUT2D eigenvalue weighted by molar-refractivity contribution is 7.80. The van der Waals surface area contributed by atoms with Gasteiger partial charge in [0, 0.05) is 36.6 Å². The van der Waals surface area contributed by atoms with Crippen molar-refractivity contribution >= 4 is 24.4 Å². The molecule has 0 unspecified atom stereocenters. The number of rotatable bonds is 2. The van der Waals surface area contributed by atoms with Crippen LogP contribution < -0.4 is 0 Å². The summed E-state index contributed by atoms with van der Waals surface area (Å²) < 4.78 is 0. The van der Waals surface area contributed by atoms with Gasteiger partial charge in [-0.05, 0) is 30.7 Å². The molecular formula is C19H20N2O5S. The quantitative estimate of drug-likeness (QED) is 0.466. The normalized spacial score (nSPS) is 14.7. The van der Waals surface area contributed by atoms with Crippen LogP contribution in [0.2, 0.25) is 0 Å². The second-order valence-electron chi connectivity index (χ2n) is 6.32. The topological polar surface area (TPSA) is 101 Å². The summed E-state index contributed by atoms with van der Waals surface area (Å²) in [5, 5.41) is 28.6. The minimum atomic E-state index is -0.662. The second kappa shape index (κ2) is 7.79. The first-order chi connectivity index (χ1) is 12.9. The monoisotopic (exact) mass is 388 g/mol. The van der Waals surface area contributed by atoms with E-state index in [4.69, 9.17) is 0 Å². The zero-order valence-corrected chi connectivity index (χ0v) is 15.4. The average Bonchev–Trinajstić information content (AvgIpc) is 2.91. The van der Waals surface area contributed by atoms with Gasteiger partial charge < -0.3 is 25.1 Å². The Morgan fingerprint density at radius 3 is 2.00 bits per heavy atom. The SMILES string of the molecule is O=C(c1cc(O)c(O)c(O)c1)N1CCCN(C(=O)c2ccccc2S)CC1. The zero-order chi connectivity index (χ0) is 19.6. The molecule has 3 N–H and O–H groups in total. The van der Waals surface area contributed by atoms with E-state index in [1.54, 1.807) is 28.0 Å². The first-order valence-electron chi connectivity index (χ1n) is 8.50. The van der Waals surface area contributed by atoms with Gasteiger partial charge in [0.15, 0.2) is 17.2 Å². The number of hydrogen-bond acceptors (Lipinski definition) is 6. The fourth-order valence-corrected chi connectivity index (χ4v) is 3.31. The van der Waals surface area contributed by atoms with E-state index < -0.39 is 17.2 Å². The zero-order valence-electron chi connectivity index (χ0n) is 14.5. The highest BCUT2D eigenvalue weighted by Crippen LogP contribution is 2.35. The Hall–Kier alpha value is -2.87. The number of amides is 2. The standard InChI is InChI=1S/C19H20N2O5S/c22-14-10-12(11-15(23)17(14)24)18(25)20-6-3-7-21(9-8-20)19(26)13-4-1-2-5-16(13)27/h1-2,4-5,10-11,22-24,27H,3,6-9H2. The van der Waals surface area contributed by atoms with Crippen molar-refractivity contribution in [3.05, 3.63) is 47.5 Å². The summed E-state index contributed by atoms with van der Waals surface area (Å²) in [6.07, 6.45) is 0.599. The minimum Gasteiger partial charge on any atom is -0.504 e. The molecule has 8 heteroatoms. The van der Waals surface area contributed by atoms with Gasteiger partial charge >= 0.3 is 0 Å². The van der Waals surface area contributed by atoms with Crippen molar-refractivity contribution in [2.45, 2.75) is 11.3 Å².